The number of carbonyl (C=O) groups is 1. The van der Waals surface area contributed by atoms with Crippen LogP contribution in [0.2, 0.25) is 0 Å². The zero-order valence-corrected chi connectivity index (χ0v) is 15.4. The molecule has 28 heavy (non-hydrogen) atoms. The molecule has 0 saturated carbocycles. The molecule has 7 nitrogen and oxygen atoms in total. The Kier molecular flexibility index (Phi) is 4.92. The molecule has 1 saturated heterocycles. The zero-order chi connectivity index (χ0) is 19.5. The van der Waals surface area contributed by atoms with Crippen LogP contribution in [-0.4, -0.2) is 42.2 Å². The maximum absolute atomic E-state index is 13.1. The molecule has 1 fully saturated rings. The number of anilines is 3. The minimum atomic E-state index is -0.262. The molecule has 4 rings (SSSR count). The van der Waals surface area contributed by atoms with Crippen LogP contribution in [0.1, 0.15) is 16.1 Å². The number of hydrogen-bond donors (Lipinski definition) is 1. The molecule has 3 aromatic rings. The van der Waals surface area contributed by atoms with E-state index in [2.05, 4.69) is 25.3 Å². The quantitative estimate of drug-likeness (QED) is 0.749. The molecule has 0 bridgehead atoms. The first-order valence-electron chi connectivity index (χ1n) is 9.05. The molecule has 1 aromatic carbocycles. The van der Waals surface area contributed by atoms with E-state index in [1.54, 1.807) is 43.5 Å². The van der Waals surface area contributed by atoms with Gasteiger partial charge in [-0.15, -0.1) is 0 Å². The number of amides is 1. The van der Waals surface area contributed by atoms with Crippen LogP contribution < -0.4 is 15.1 Å². The first kappa shape index (κ1) is 18.0. The van der Waals surface area contributed by atoms with E-state index in [0.717, 1.165) is 37.7 Å². The number of benzene rings is 1. The SMILES string of the molecule is Cc1cc(NC(=O)c2ccnc(N3CCN(c4ccc(F)cc4)CC3)c2)no1. The van der Waals surface area contributed by atoms with Gasteiger partial charge in [0.05, 0.1) is 0 Å². The van der Waals surface area contributed by atoms with Crippen LogP contribution in [-0.2, 0) is 0 Å². The van der Waals surface area contributed by atoms with Gasteiger partial charge in [0.15, 0.2) is 5.82 Å². The number of hydrogen-bond acceptors (Lipinski definition) is 6. The summed E-state index contributed by atoms with van der Waals surface area (Å²) in [4.78, 5) is 21.2. The Morgan fingerprint density at radius 3 is 2.46 bits per heavy atom. The van der Waals surface area contributed by atoms with Crippen molar-refractivity contribution in [3.05, 3.63) is 65.8 Å². The van der Waals surface area contributed by atoms with E-state index in [0.29, 0.717) is 17.1 Å². The topological polar surface area (TPSA) is 74.5 Å². The van der Waals surface area contributed by atoms with Gasteiger partial charge in [-0.05, 0) is 43.3 Å². The van der Waals surface area contributed by atoms with Crippen LogP contribution in [0.3, 0.4) is 0 Å². The monoisotopic (exact) mass is 381 g/mol. The van der Waals surface area contributed by atoms with E-state index < -0.39 is 0 Å². The lowest BCUT2D eigenvalue weighted by Gasteiger charge is -2.36. The lowest BCUT2D eigenvalue weighted by Crippen LogP contribution is -2.46. The maximum atomic E-state index is 13.1. The number of nitrogens with zero attached hydrogens (tertiary/aromatic N) is 4. The number of aromatic nitrogens is 2. The van der Waals surface area contributed by atoms with Crippen molar-refractivity contribution in [1.29, 1.82) is 0 Å². The minimum absolute atomic E-state index is 0.234. The third-order valence-corrected chi connectivity index (χ3v) is 4.67. The fourth-order valence-corrected chi connectivity index (χ4v) is 3.19. The number of pyridine rings is 1. The van der Waals surface area contributed by atoms with Crippen LogP contribution in [0.25, 0.3) is 0 Å². The van der Waals surface area contributed by atoms with Gasteiger partial charge in [0.1, 0.15) is 17.4 Å². The molecule has 0 spiro atoms. The van der Waals surface area contributed by atoms with Gasteiger partial charge in [-0.3, -0.25) is 4.79 Å². The van der Waals surface area contributed by atoms with Gasteiger partial charge in [0.2, 0.25) is 0 Å². The second-order valence-electron chi connectivity index (χ2n) is 6.63. The standard InChI is InChI=1S/C20H20FN5O2/c1-14-12-18(24-28-14)23-20(27)15-6-7-22-19(13-15)26-10-8-25(9-11-26)17-4-2-16(21)3-5-17/h2-7,12-13H,8-11H2,1H3,(H,23,24,27). The number of halogens is 1. The number of nitrogens with one attached hydrogen (secondary N) is 1. The first-order chi connectivity index (χ1) is 13.6. The molecule has 1 aliphatic heterocycles. The van der Waals surface area contributed by atoms with E-state index in [1.165, 1.54) is 12.1 Å². The summed E-state index contributed by atoms with van der Waals surface area (Å²) in [5.41, 5.74) is 1.51. The number of rotatable bonds is 4. The Hall–Kier alpha value is -3.42. The van der Waals surface area contributed by atoms with Crippen molar-refractivity contribution in [2.45, 2.75) is 6.92 Å². The largest absolute Gasteiger partial charge is 0.368 e. The van der Waals surface area contributed by atoms with Crippen molar-refractivity contribution in [3.8, 4) is 0 Å². The Morgan fingerprint density at radius 1 is 1.07 bits per heavy atom. The molecule has 0 atom stereocenters. The second kappa shape index (κ2) is 7.67. The second-order valence-corrected chi connectivity index (χ2v) is 6.63. The highest BCUT2D eigenvalue weighted by molar-refractivity contribution is 6.04. The van der Waals surface area contributed by atoms with Crippen LogP contribution in [0.15, 0.2) is 53.2 Å². The van der Waals surface area contributed by atoms with Crippen molar-refractivity contribution in [1.82, 2.24) is 10.1 Å². The van der Waals surface area contributed by atoms with Crippen LogP contribution in [0, 0.1) is 12.7 Å². The molecule has 0 radical (unpaired) electrons. The van der Waals surface area contributed by atoms with Crippen molar-refractivity contribution < 1.29 is 13.7 Å². The van der Waals surface area contributed by atoms with Gasteiger partial charge in [-0.25, -0.2) is 9.37 Å². The van der Waals surface area contributed by atoms with E-state index in [-0.39, 0.29) is 11.7 Å². The normalized spacial score (nSPS) is 14.2. The smallest absolute Gasteiger partial charge is 0.257 e. The van der Waals surface area contributed by atoms with Gasteiger partial charge in [-0.1, -0.05) is 5.16 Å². The molecule has 0 unspecified atom stereocenters. The highest BCUT2D eigenvalue weighted by atomic mass is 19.1. The molecular weight excluding hydrogens is 361 g/mol. The fraction of sp³-hybridized carbons (Fsp3) is 0.250. The Labute approximate surface area is 161 Å². The molecule has 1 amide bonds. The average molecular weight is 381 g/mol. The van der Waals surface area contributed by atoms with Gasteiger partial charge in [0, 0.05) is 49.7 Å². The predicted molar refractivity (Wildman–Crippen MR) is 104 cm³/mol. The van der Waals surface area contributed by atoms with Crippen molar-refractivity contribution in [3.63, 3.8) is 0 Å². The summed E-state index contributed by atoms with van der Waals surface area (Å²) < 4.78 is 18.1. The lowest BCUT2D eigenvalue weighted by molar-refractivity contribution is 0.102. The molecule has 2 aromatic heterocycles. The van der Waals surface area contributed by atoms with Crippen molar-refractivity contribution in [2.75, 3.05) is 41.3 Å². The summed E-state index contributed by atoms with van der Waals surface area (Å²) in [6.45, 7) is 4.87. The van der Waals surface area contributed by atoms with E-state index >= 15 is 0 Å². The fourth-order valence-electron chi connectivity index (χ4n) is 3.19. The average Bonchev–Trinajstić information content (AvgIpc) is 3.13. The summed E-state index contributed by atoms with van der Waals surface area (Å²) in [6, 6.07) is 11.6. The molecule has 3 heterocycles. The molecule has 144 valence electrons. The van der Waals surface area contributed by atoms with E-state index in [1.807, 2.05) is 0 Å². The molecule has 1 aliphatic rings. The summed E-state index contributed by atoms with van der Waals surface area (Å²) in [7, 11) is 0. The number of piperazine rings is 1. The number of carbonyl (C=O) groups excluding carboxylic acids is 1. The highest BCUT2D eigenvalue weighted by Gasteiger charge is 2.19. The highest BCUT2D eigenvalue weighted by Crippen LogP contribution is 2.20. The summed E-state index contributed by atoms with van der Waals surface area (Å²) in [6.07, 6.45) is 1.63. The summed E-state index contributed by atoms with van der Waals surface area (Å²) >= 11 is 0. The lowest BCUT2D eigenvalue weighted by atomic mass is 10.2. The Morgan fingerprint density at radius 2 is 1.79 bits per heavy atom. The summed E-state index contributed by atoms with van der Waals surface area (Å²) in [5, 5.41) is 6.49. The summed E-state index contributed by atoms with van der Waals surface area (Å²) in [5.74, 6) is 1.27. The predicted octanol–water partition coefficient (Wildman–Crippen LogP) is 3.10. The Bertz CT molecular complexity index is 965. The van der Waals surface area contributed by atoms with Crippen molar-refractivity contribution in [2.24, 2.45) is 0 Å². The number of aryl methyl sites for hydroxylation is 1. The third kappa shape index (κ3) is 3.95. The van der Waals surface area contributed by atoms with Crippen molar-refractivity contribution >= 4 is 23.2 Å². The maximum Gasteiger partial charge on any atom is 0.257 e. The molecule has 8 heteroatoms. The van der Waals surface area contributed by atoms with Crippen LogP contribution in [0.4, 0.5) is 21.7 Å². The van der Waals surface area contributed by atoms with E-state index in [4.69, 9.17) is 4.52 Å². The van der Waals surface area contributed by atoms with Gasteiger partial charge in [0.25, 0.3) is 5.91 Å². The first-order valence-corrected chi connectivity index (χ1v) is 9.05. The van der Waals surface area contributed by atoms with Crippen LogP contribution >= 0.6 is 0 Å². The van der Waals surface area contributed by atoms with Gasteiger partial charge < -0.3 is 19.6 Å². The van der Waals surface area contributed by atoms with E-state index in [9.17, 15) is 9.18 Å². The van der Waals surface area contributed by atoms with Crippen LogP contribution in [0.5, 0.6) is 0 Å². The van der Waals surface area contributed by atoms with Gasteiger partial charge in [-0.2, -0.15) is 0 Å². The zero-order valence-electron chi connectivity index (χ0n) is 15.4. The minimum Gasteiger partial charge on any atom is -0.368 e. The molecule has 0 aliphatic carbocycles. The molecule has 1 N–H and O–H groups in total. The third-order valence-electron chi connectivity index (χ3n) is 4.67. The molecular formula is C20H20FN5O2. The van der Waals surface area contributed by atoms with Gasteiger partial charge >= 0.3 is 0 Å². The Balaban J connectivity index is 1.40.